The smallest absolute Gasteiger partial charge is 0.0448 e. The highest BCUT2D eigenvalue weighted by atomic mass is 79.9. The van der Waals surface area contributed by atoms with Crippen LogP contribution in [0, 0.1) is 5.41 Å². The molecule has 0 saturated heterocycles. The molecule has 1 fully saturated rings. The summed E-state index contributed by atoms with van der Waals surface area (Å²) < 4.78 is 0. The Morgan fingerprint density at radius 1 is 0.850 bits per heavy atom. The highest BCUT2D eigenvalue weighted by Gasteiger charge is 2.36. The third kappa shape index (κ3) is 2.69. The Bertz CT molecular complexity index is 550. The third-order valence-electron chi connectivity index (χ3n) is 4.67. The first-order chi connectivity index (χ1) is 9.69. The molecule has 0 heterocycles. The minimum Gasteiger partial charge on any atom is -0.0833 e. The largest absolute Gasteiger partial charge is 0.0833 e. The van der Waals surface area contributed by atoms with Crippen LogP contribution in [0.2, 0.25) is 0 Å². The molecule has 0 radical (unpaired) electrons. The molecule has 0 spiro atoms. The zero-order valence-corrected chi connectivity index (χ0v) is 13.6. The molecule has 1 unspecified atom stereocenters. The monoisotopic (exact) mass is 328 g/mol. The molecule has 0 nitrogen and oxygen atoms in total. The second-order valence-electron chi connectivity index (χ2n) is 6.21. The second-order valence-corrected chi connectivity index (χ2v) is 7.13. The minimum absolute atomic E-state index is 0.425. The summed E-state index contributed by atoms with van der Waals surface area (Å²) in [4.78, 5) is 0.474. The van der Waals surface area contributed by atoms with Crippen LogP contribution in [-0.4, -0.2) is 0 Å². The lowest BCUT2D eigenvalue weighted by molar-refractivity contribution is 0.331. The zero-order chi connectivity index (χ0) is 14.0. The minimum atomic E-state index is 0.425. The average molecular weight is 329 g/mol. The van der Waals surface area contributed by atoms with E-state index in [0.29, 0.717) is 10.2 Å². The van der Waals surface area contributed by atoms with Crippen LogP contribution in [0.25, 0.3) is 11.1 Å². The molecule has 2 aromatic rings. The maximum absolute atomic E-state index is 3.95. The molecule has 0 N–H and O–H groups in total. The molecule has 1 heteroatoms. The quantitative estimate of drug-likeness (QED) is 0.574. The van der Waals surface area contributed by atoms with Gasteiger partial charge in [0.1, 0.15) is 0 Å². The third-order valence-corrected chi connectivity index (χ3v) is 6.30. The predicted octanol–water partition coefficient (Wildman–Crippen LogP) is 6.37. The van der Waals surface area contributed by atoms with Crippen LogP contribution in [-0.2, 0) is 0 Å². The summed E-state index contributed by atoms with van der Waals surface area (Å²) in [5.41, 5.74) is 4.42. The van der Waals surface area contributed by atoms with Gasteiger partial charge in [-0.2, -0.15) is 0 Å². The molecule has 2 aromatic carbocycles. The van der Waals surface area contributed by atoms with Gasteiger partial charge in [-0.05, 0) is 34.9 Å². The molecular weight excluding hydrogens is 308 g/mol. The van der Waals surface area contributed by atoms with Crippen LogP contribution in [0.4, 0.5) is 0 Å². The van der Waals surface area contributed by atoms with Crippen LogP contribution in [0.1, 0.15) is 43.0 Å². The highest BCUT2D eigenvalue weighted by Crippen LogP contribution is 2.51. The van der Waals surface area contributed by atoms with Crippen LogP contribution in [0.15, 0.2) is 54.6 Å². The van der Waals surface area contributed by atoms with Gasteiger partial charge in [-0.25, -0.2) is 0 Å². The second kappa shape index (κ2) is 5.73. The summed E-state index contributed by atoms with van der Waals surface area (Å²) in [7, 11) is 0. The van der Waals surface area contributed by atoms with Crippen molar-refractivity contribution in [1.29, 1.82) is 0 Å². The number of halogens is 1. The maximum Gasteiger partial charge on any atom is 0.0448 e. The van der Waals surface area contributed by atoms with Crippen molar-refractivity contribution in [3.63, 3.8) is 0 Å². The molecule has 0 aromatic heterocycles. The van der Waals surface area contributed by atoms with E-state index in [0.717, 1.165) is 0 Å². The molecule has 1 saturated carbocycles. The van der Waals surface area contributed by atoms with E-state index in [9.17, 15) is 0 Å². The Morgan fingerprint density at radius 3 is 2.00 bits per heavy atom. The fourth-order valence-corrected chi connectivity index (χ4v) is 4.08. The Hall–Kier alpha value is -1.08. The Labute approximate surface area is 130 Å². The van der Waals surface area contributed by atoms with E-state index >= 15 is 0 Å². The van der Waals surface area contributed by atoms with Gasteiger partial charge in [0.2, 0.25) is 0 Å². The van der Waals surface area contributed by atoms with Crippen molar-refractivity contribution in [3.05, 3.63) is 60.2 Å². The van der Waals surface area contributed by atoms with E-state index in [-0.39, 0.29) is 0 Å². The number of alkyl halides is 1. The van der Waals surface area contributed by atoms with Gasteiger partial charge < -0.3 is 0 Å². The van der Waals surface area contributed by atoms with Gasteiger partial charge in [-0.1, -0.05) is 90.3 Å². The topological polar surface area (TPSA) is 0 Å². The van der Waals surface area contributed by atoms with E-state index < -0.39 is 0 Å². The first-order valence-electron chi connectivity index (χ1n) is 7.48. The Morgan fingerprint density at radius 2 is 1.40 bits per heavy atom. The standard InChI is InChI=1S/C19H21Br/c1-19(13-5-6-14-19)18(20)17-11-9-16(10-12-17)15-7-3-2-4-8-15/h2-4,7-12,18H,5-6,13-14H2,1H3. The zero-order valence-electron chi connectivity index (χ0n) is 12.0. The average Bonchev–Trinajstić information content (AvgIpc) is 2.96. The molecule has 20 heavy (non-hydrogen) atoms. The molecular formula is C19H21Br. The fourth-order valence-electron chi connectivity index (χ4n) is 3.31. The van der Waals surface area contributed by atoms with E-state index in [2.05, 4.69) is 77.5 Å². The molecule has 1 aliphatic carbocycles. The summed E-state index contributed by atoms with van der Waals surface area (Å²) in [6.45, 7) is 2.42. The summed E-state index contributed by atoms with van der Waals surface area (Å²) in [5, 5.41) is 0. The van der Waals surface area contributed by atoms with Crippen molar-refractivity contribution in [1.82, 2.24) is 0 Å². The summed E-state index contributed by atoms with van der Waals surface area (Å²) >= 11 is 3.95. The molecule has 1 atom stereocenters. The van der Waals surface area contributed by atoms with Gasteiger partial charge in [-0.3, -0.25) is 0 Å². The summed E-state index contributed by atoms with van der Waals surface area (Å²) in [5.74, 6) is 0. The lowest BCUT2D eigenvalue weighted by Gasteiger charge is -2.30. The van der Waals surface area contributed by atoms with Crippen molar-refractivity contribution in [3.8, 4) is 11.1 Å². The summed E-state index contributed by atoms with van der Waals surface area (Å²) in [6, 6.07) is 19.6. The van der Waals surface area contributed by atoms with Crippen molar-refractivity contribution in [2.75, 3.05) is 0 Å². The fraction of sp³-hybridized carbons (Fsp3) is 0.368. The molecule has 0 bridgehead atoms. The van der Waals surface area contributed by atoms with Crippen LogP contribution in [0.5, 0.6) is 0 Å². The first kappa shape index (κ1) is 13.9. The molecule has 0 amide bonds. The van der Waals surface area contributed by atoms with Gasteiger partial charge in [0, 0.05) is 4.83 Å². The van der Waals surface area contributed by atoms with Crippen molar-refractivity contribution in [2.45, 2.75) is 37.4 Å². The molecule has 0 aliphatic heterocycles. The number of hydrogen-bond donors (Lipinski definition) is 0. The highest BCUT2D eigenvalue weighted by molar-refractivity contribution is 9.09. The van der Waals surface area contributed by atoms with E-state index in [4.69, 9.17) is 0 Å². The Kier molecular flexibility index (Phi) is 3.98. The lowest BCUT2D eigenvalue weighted by atomic mass is 9.82. The van der Waals surface area contributed by atoms with E-state index in [1.807, 2.05) is 0 Å². The Balaban J connectivity index is 1.83. The van der Waals surface area contributed by atoms with Gasteiger partial charge in [-0.15, -0.1) is 0 Å². The van der Waals surface area contributed by atoms with Gasteiger partial charge >= 0.3 is 0 Å². The molecule has 104 valence electrons. The summed E-state index contributed by atoms with van der Waals surface area (Å²) in [6.07, 6.45) is 5.42. The van der Waals surface area contributed by atoms with Crippen molar-refractivity contribution >= 4 is 15.9 Å². The van der Waals surface area contributed by atoms with E-state index in [1.165, 1.54) is 42.4 Å². The maximum atomic E-state index is 3.95. The van der Waals surface area contributed by atoms with E-state index in [1.54, 1.807) is 0 Å². The normalized spacial score (nSPS) is 18.9. The molecule has 3 rings (SSSR count). The van der Waals surface area contributed by atoms with Gasteiger partial charge in [0.15, 0.2) is 0 Å². The SMILES string of the molecule is CC1(C(Br)c2ccc(-c3ccccc3)cc2)CCCC1. The first-order valence-corrected chi connectivity index (χ1v) is 8.40. The van der Waals surface area contributed by atoms with Crippen molar-refractivity contribution in [2.24, 2.45) is 5.41 Å². The lowest BCUT2D eigenvalue weighted by Crippen LogP contribution is -2.17. The van der Waals surface area contributed by atoms with Crippen molar-refractivity contribution < 1.29 is 0 Å². The van der Waals surface area contributed by atoms with Gasteiger partial charge in [0.05, 0.1) is 0 Å². The number of rotatable bonds is 3. The molecule has 1 aliphatic rings. The van der Waals surface area contributed by atoms with Crippen LogP contribution < -0.4 is 0 Å². The van der Waals surface area contributed by atoms with Crippen LogP contribution in [0.3, 0.4) is 0 Å². The number of benzene rings is 2. The predicted molar refractivity (Wildman–Crippen MR) is 90.1 cm³/mol. The van der Waals surface area contributed by atoms with Gasteiger partial charge in [0.25, 0.3) is 0 Å². The number of hydrogen-bond acceptors (Lipinski definition) is 0. The van der Waals surface area contributed by atoms with Crippen LogP contribution >= 0.6 is 15.9 Å².